The summed E-state index contributed by atoms with van der Waals surface area (Å²) in [6.45, 7) is 1.04. The molecule has 1 saturated carbocycles. The van der Waals surface area contributed by atoms with Crippen LogP contribution in [0.3, 0.4) is 0 Å². The van der Waals surface area contributed by atoms with E-state index in [-0.39, 0.29) is 17.7 Å². The highest BCUT2D eigenvalue weighted by Gasteiger charge is 2.27. The molecule has 1 N–H and O–H groups in total. The van der Waals surface area contributed by atoms with E-state index in [1.165, 1.54) is 25.1 Å². The van der Waals surface area contributed by atoms with Crippen LogP contribution in [0.2, 0.25) is 0 Å². The Bertz CT molecular complexity index is 502. The number of carbonyl (C=O) groups is 2. The second kappa shape index (κ2) is 6.36. The number of ether oxygens (including phenoxy) is 2. The third-order valence-corrected chi connectivity index (χ3v) is 2.78. The highest BCUT2D eigenvalue weighted by molar-refractivity contribution is 5.84. The van der Waals surface area contributed by atoms with E-state index in [4.69, 9.17) is 9.47 Å². The van der Waals surface area contributed by atoms with Crippen molar-refractivity contribution in [1.82, 2.24) is 5.32 Å². The van der Waals surface area contributed by atoms with Crippen molar-refractivity contribution in [3.8, 4) is 5.75 Å². The van der Waals surface area contributed by atoms with Gasteiger partial charge in [-0.25, -0.2) is 9.18 Å². The third kappa shape index (κ3) is 4.22. The zero-order valence-electron chi connectivity index (χ0n) is 11.1. The van der Waals surface area contributed by atoms with E-state index in [2.05, 4.69) is 5.32 Å². The molecule has 0 radical (unpaired) electrons. The van der Waals surface area contributed by atoms with Crippen molar-refractivity contribution < 1.29 is 23.5 Å². The molecule has 1 aromatic carbocycles. The summed E-state index contributed by atoms with van der Waals surface area (Å²) in [7, 11) is 0. The lowest BCUT2D eigenvalue weighted by molar-refractivity contribution is -0.156. The van der Waals surface area contributed by atoms with Gasteiger partial charge in [0.1, 0.15) is 0 Å². The van der Waals surface area contributed by atoms with Gasteiger partial charge in [0.05, 0.1) is 0 Å². The maximum Gasteiger partial charge on any atom is 0.344 e. The van der Waals surface area contributed by atoms with Gasteiger partial charge in [0.15, 0.2) is 24.3 Å². The van der Waals surface area contributed by atoms with Gasteiger partial charge in [-0.2, -0.15) is 0 Å². The second-order valence-electron chi connectivity index (χ2n) is 4.63. The van der Waals surface area contributed by atoms with Gasteiger partial charge in [0.2, 0.25) is 0 Å². The lowest BCUT2D eigenvalue weighted by Crippen LogP contribution is -2.37. The van der Waals surface area contributed by atoms with Crippen molar-refractivity contribution in [3.05, 3.63) is 30.1 Å². The first-order chi connectivity index (χ1) is 9.56. The molecule has 1 aromatic rings. The number of nitrogens with one attached hydrogen (secondary N) is 1. The van der Waals surface area contributed by atoms with Crippen LogP contribution in [-0.4, -0.2) is 30.6 Å². The molecule has 0 saturated heterocycles. The lowest BCUT2D eigenvalue weighted by Gasteiger charge is -2.13. The molecule has 0 aliphatic heterocycles. The van der Waals surface area contributed by atoms with E-state index in [9.17, 15) is 14.0 Å². The standard InChI is InChI=1S/C14H16FNO4/c1-9(14(18)16-10-6-7-10)20-13(17)8-19-12-5-3-2-4-11(12)15/h2-5,9-10H,6-8H2,1H3,(H,16,18)/t9-/m0/s1. The molecule has 0 spiro atoms. The fourth-order valence-electron chi connectivity index (χ4n) is 1.53. The summed E-state index contributed by atoms with van der Waals surface area (Å²) in [5, 5.41) is 2.72. The van der Waals surface area contributed by atoms with Gasteiger partial charge >= 0.3 is 5.97 Å². The fourth-order valence-corrected chi connectivity index (χ4v) is 1.53. The van der Waals surface area contributed by atoms with Crippen LogP contribution in [0.25, 0.3) is 0 Å². The molecule has 1 atom stereocenters. The van der Waals surface area contributed by atoms with Crippen LogP contribution in [0.4, 0.5) is 4.39 Å². The molecule has 1 aliphatic rings. The zero-order chi connectivity index (χ0) is 14.5. The number of amides is 1. The molecule has 0 aromatic heterocycles. The van der Waals surface area contributed by atoms with Crippen LogP contribution in [0.15, 0.2) is 24.3 Å². The van der Waals surface area contributed by atoms with Crippen LogP contribution in [0.5, 0.6) is 5.75 Å². The van der Waals surface area contributed by atoms with E-state index in [0.29, 0.717) is 0 Å². The average Bonchev–Trinajstić information content (AvgIpc) is 3.21. The average molecular weight is 281 g/mol. The molecule has 0 bridgehead atoms. The molecule has 0 heterocycles. The lowest BCUT2D eigenvalue weighted by atomic mass is 10.3. The Morgan fingerprint density at radius 1 is 1.40 bits per heavy atom. The molecule has 1 amide bonds. The summed E-state index contributed by atoms with van der Waals surface area (Å²) in [4.78, 5) is 23.1. The van der Waals surface area contributed by atoms with Crippen LogP contribution < -0.4 is 10.1 Å². The van der Waals surface area contributed by atoms with Gasteiger partial charge < -0.3 is 14.8 Å². The van der Waals surface area contributed by atoms with Gasteiger partial charge in [0.25, 0.3) is 5.91 Å². The quantitative estimate of drug-likeness (QED) is 0.801. The monoisotopic (exact) mass is 281 g/mol. The van der Waals surface area contributed by atoms with Crippen LogP contribution >= 0.6 is 0 Å². The van der Waals surface area contributed by atoms with Crippen LogP contribution in [-0.2, 0) is 14.3 Å². The smallest absolute Gasteiger partial charge is 0.344 e. The third-order valence-electron chi connectivity index (χ3n) is 2.78. The van der Waals surface area contributed by atoms with Gasteiger partial charge in [-0.05, 0) is 31.9 Å². The predicted octanol–water partition coefficient (Wildman–Crippen LogP) is 1.41. The van der Waals surface area contributed by atoms with Crippen LogP contribution in [0.1, 0.15) is 19.8 Å². The predicted molar refractivity (Wildman–Crippen MR) is 68.6 cm³/mol. The molecule has 1 aliphatic carbocycles. The van der Waals surface area contributed by atoms with E-state index >= 15 is 0 Å². The minimum atomic E-state index is -0.882. The molecule has 6 heteroatoms. The zero-order valence-corrected chi connectivity index (χ0v) is 11.1. The fraction of sp³-hybridized carbons (Fsp3) is 0.429. The summed E-state index contributed by atoms with van der Waals surface area (Å²) >= 11 is 0. The topological polar surface area (TPSA) is 64.6 Å². The molecule has 0 unspecified atom stereocenters. The normalized spacial score (nSPS) is 15.3. The number of halogens is 1. The van der Waals surface area contributed by atoms with Gasteiger partial charge in [-0.1, -0.05) is 12.1 Å². The van der Waals surface area contributed by atoms with E-state index < -0.39 is 24.5 Å². The Labute approximate surface area is 116 Å². The van der Waals surface area contributed by atoms with Crippen molar-refractivity contribution in [3.63, 3.8) is 0 Å². The molecule has 20 heavy (non-hydrogen) atoms. The summed E-state index contributed by atoms with van der Waals surface area (Å²) in [6.07, 6.45) is 1.04. The summed E-state index contributed by atoms with van der Waals surface area (Å²) in [5.74, 6) is -1.63. The minimum Gasteiger partial charge on any atom is -0.479 e. The molecule has 1 fully saturated rings. The largest absolute Gasteiger partial charge is 0.479 e. The van der Waals surface area contributed by atoms with Crippen molar-refractivity contribution >= 4 is 11.9 Å². The van der Waals surface area contributed by atoms with Crippen molar-refractivity contribution in [2.45, 2.75) is 31.9 Å². The number of carbonyl (C=O) groups excluding carboxylic acids is 2. The Balaban J connectivity index is 1.74. The number of rotatable bonds is 6. The molecular weight excluding hydrogens is 265 g/mol. The van der Waals surface area contributed by atoms with Crippen molar-refractivity contribution in [2.75, 3.05) is 6.61 Å². The molecule has 108 valence electrons. The first-order valence-corrected chi connectivity index (χ1v) is 6.43. The number of para-hydroxylation sites is 1. The maximum atomic E-state index is 13.2. The number of esters is 1. The van der Waals surface area contributed by atoms with E-state index in [0.717, 1.165) is 12.8 Å². The highest BCUT2D eigenvalue weighted by atomic mass is 19.1. The highest BCUT2D eigenvalue weighted by Crippen LogP contribution is 2.19. The number of benzene rings is 1. The second-order valence-corrected chi connectivity index (χ2v) is 4.63. The number of hydrogen-bond donors (Lipinski definition) is 1. The molecular formula is C14H16FNO4. The van der Waals surface area contributed by atoms with E-state index in [1.807, 2.05) is 0 Å². The molecule has 5 nitrogen and oxygen atoms in total. The Hall–Kier alpha value is -2.11. The van der Waals surface area contributed by atoms with Crippen molar-refractivity contribution in [1.29, 1.82) is 0 Å². The van der Waals surface area contributed by atoms with Crippen molar-refractivity contribution in [2.24, 2.45) is 0 Å². The Morgan fingerprint density at radius 2 is 2.10 bits per heavy atom. The summed E-state index contributed by atoms with van der Waals surface area (Å²) in [5.41, 5.74) is 0. The van der Waals surface area contributed by atoms with E-state index in [1.54, 1.807) is 6.07 Å². The first-order valence-electron chi connectivity index (χ1n) is 6.43. The van der Waals surface area contributed by atoms with Gasteiger partial charge in [-0.15, -0.1) is 0 Å². The summed E-state index contributed by atoms with van der Waals surface area (Å²) < 4.78 is 23.1. The maximum absolute atomic E-state index is 13.2. The Kier molecular flexibility index (Phi) is 4.55. The minimum absolute atomic E-state index is 0.0282. The SMILES string of the molecule is C[C@H](OC(=O)COc1ccccc1F)C(=O)NC1CC1. The summed E-state index contributed by atoms with van der Waals surface area (Å²) in [6, 6.07) is 5.96. The van der Waals surface area contributed by atoms with Gasteiger partial charge in [-0.3, -0.25) is 4.79 Å². The van der Waals surface area contributed by atoms with Crippen LogP contribution in [0, 0.1) is 5.82 Å². The molecule has 2 rings (SSSR count). The Morgan fingerprint density at radius 3 is 2.75 bits per heavy atom. The first kappa shape index (κ1) is 14.3. The number of hydrogen-bond acceptors (Lipinski definition) is 4. The van der Waals surface area contributed by atoms with Gasteiger partial charge in [0, 0.05) is 6.04 Å².